The van der Waals surface area contributed by atoms with Crippen molar-refractivity contribution < 1.29 is 9.53 Å². The zero-order valence-corrected chi connectivity index (χ0v) is 8.50. The topological polar surface area (TPSA) is 41.6 Å². The van der Waals surface area contributed by atoms with Gasteiger partial charge in [-0.3, -0.25) is 4.79 Å². The summed E-state index contributed by atoms with van der Waals surface area (Å²) in [6.07, 6.45) is 1.73. The minimum atomic E-state index is 0.307. The van der Waals surface area contributed by atoms with Crippen molar-refractivity contribution in [2.24, 2.45) is 5.92 Å². The molecule has 1 N–H and O–H groups in total. The lowest BCUT2D eigenvalue weighted by Gasteiger charge is -2.28. The Balaban J connectivity index is 1.75. The highest BCUT2D eigenvalue weighted by atomic mass is 16.5. The first-order valence-electron chi connectivity index (χ1n) is 5.42. The van der Waals surface area contributed by atoms with Gasteiger partial charge in [0.1, 0.15) is 0 Å². The minimum absolute atomic E-state index is 0.307. The van der Waals surface area contributed by atoms with Crippen LogP contribution in [0.5, 0.6) is 0 Å². The molecule has 2 fully saturated rings. The van der Waals surface area contributed by atoms with E-state index in [1.54, 1.807) is 0 Å². The molecular formula is C10H18N2O2. The maximum atomic E-state index is 11.8. The van der Waals surface area contributed by atoms with Crippen molar-refractivity contribution in [3.05, 3.63) is 0 Å². The summed E-state index contributed by atoms with van der Waals surface area (Å²) in [6, 6.07) is 0. The molecule has 0 bridgehead atoms. The van der Waals surface area contributed by atoms with Gasteiger partial charge in [-0.25, -0.2) is 0 Å². The molecule has 1 amide bonds. The molecule has 4 nitrogen and oxygen atoms in total. The van der Waals surface area contributed by atoms with Crippen LogP contribution in [0, 0.1) is 5.92 Å². The highest BCUT2D eigenvalue weighted by Crippen LogP contribution is 2.17. The van der Waals surface area contributed by atoms with E-state index in [0.717, 1.165) is 45.8 Å². The van der Waals surface area contributed by atoms with Crippen LogP contribution in [0.25, 0.3) is 0 Å². The molecule has 2 heterocycles. The fourth-order valence-corrected chi connectivity index (χ4v) is 2.03. The SMILES string of the molecule is O=C(CC1CCOC1)N1CCNCC1. The molecule has 1 atom stereocenters. The molecule has 2 saturated heterocycles. The largest absolute Gasteiger partial charge is 0.381 e. The average molecular weight is 198 g/mol. The van der Waals surface area contributed by atoms with Gasteiger partial charge in [0, 0.05) is 45.8 Å². The second-order valence-electron chi connectivity index (χ2n) is 4.06. The van der Waals surface area contributed by atoms with Crippen molar-refractivity contribution in [1.29, 1.82) is 0 Å². The number of rotatable bonds is 2. The van der Waals surface area contributed by atoms with E-state index in [9.17, 15) is 4.79 Å². The quantitative estimate of drug-likeness (QED) is 0.670. The summed E-state index contributed by atoms with van der Waals surface area (Å²) in [5, 5.41) is 3.24. The summed E-state index contributed by atoms with van der Waals surface area (Å²) in [5.41, 5.74) is 0. The highest BCUT2D eigenvalue weighted by Gasteiger charge is 2.23. The Kier molecular flexibility index (Phi) is 3.37. The fourth-order valence-electron chi connectivity index (χ4n) is 2.03. The fraction of sp³-hybridized carbons (Fsp3) is 0.900. The lowest BCUT2D eigenvalue weighted by atomic mass is 10.0. The van der Waals surface area contributed by atoms with Gasteiger partial charge < -0.3 is 15.0 Å². The molecule has 80 valence electrons. The summed E-state index contributed by atoms with van der Waals surface area (Å²) >= 11 is 0. The van der Waals surface area contributed by atoms with Crippen LogP contribution in [-0.2, 0) is 9.53 Å². The third-order valence-corrected chi connectivity index (χ3v) is 2.96. The Hall–Kier alpha value is -0.610. The number of nitrogens with zero attached hydrogens (tertiary/aromatic N) is 1. The van der Waals surface area contributed by atoms with Crippen LogP contribution in [0.3, 0.4) is 0 Å². The third kappa shape index (κ3) is 2.45. The first kappa shape index (κ1) is 9.93. The molecule has 14 heavy (non-hydrogen) atoms. The molecule has 2 aliphatic rings. The Bertz CT molecular complexity index is 196. The van der Waals surface area contributed by atoms with E-state index in [4.69, 9.17) is 4.74 Å². The lowest BCUT2D eigenvalue weighted by molar-refractivity contribution is -0.132. The van der Waals surface area contributed by atoms with Crippen LogP contribution in [0.2, 0.25) is 0 Å². The van der Waals surface area contributed by atoms with E-state index >= 15 is 0 Å². The van der Waals surface area contributed by atoms with Gasteiger partial charge in [0.25, 0.3) is 0 Å². The Morgan fingerprint density at radius 1 is 1.43 bits per heavy atom. The zero-order valence-electron chi connectivity index (χ0n) is 8.50. The number of hydrogen-bond donors (Lipinski definition) is 1. The van der Waals surface area contributed by atoms with Gasteiger partial charge >= 0.3 is 0 Å². The number of nitrogens with one attached hydrogen (secondary N) is 1. The first-order chi connectivity index (χ1) is 6.86. The van der Waals surface area contributed by atoms with Gasteiger partial charge in [-0.05, 0) is 12.3 Å². The van der Waals surface area contributed by atoms with E-state index in [1.165, 1.54) is 0 Å². The van der Waals surface area contributed by atoms with E-state index in [1.807, 2.05) is 4.90 Å². The van der Waals surface area contributed by atoms with Gasteiger partial charge in [0.2, 0.25) is 5.91 Å². The molecular weight excluding hydrogens is 180 g/mol. The number of carbonyl (C=O) groups is 1. The number of hydrogen-bond acceptors (Lipinski definition) is 3. The highest BCUT2D eigenvalue weighted by molar-refractivity contribution is 5.76. The monoisotopic (exact) mass is 198 g/mol. The Morgan fingerprint density at radius 3 is 2.86 bits per heavy atom. The molecule has 0 aliphatic carbocycles. The van der Waals surface area contributed by atoms with Crippen molar-refractivity contribution >= 4 is 5.91 Å². The first-order valence-corrected chi connectivity index (χ1v) is 5.42. The third-order valence-electron chi connectivity index (χ3n) is 2.96. The van der Waals surface area contributed by atoms with Crippen molar-refractivity contribution in [2.45, 2.75) is 12.8 Å². The van der Waals surface area contributed by atoms with Crippen LogP contribution < -0.4 is 5.32 Å². The molecule has 1 unspecified atom stereocenters. The molecule has 4 heteroatoms. The van der Waals surface area contributed by atoms with Crippen LogP contribution >= 0.6 is 0 Å². The average Bonchev–Trinajstić information content (AvgIpc) is 2.72. The normalized spacial score (nSPS) is 28.0. The molecule has 0 radical (unpaired) electrons. The summed E-state index contributed by atoms with van der Waals surface area (Å²) in [5.74, 6) is 0.777. The van der Waals surface area contributed by atoms with Crippen molar-refractivity contribution in [2.75, 3.05) is 39.4 Å². The summed E-state index contributed by atoms with van der Waals surface area (Å²) in [7, 11) is 0. The van der Waals surface area contributed by atoms with Crippen LogP contribution in [0.4, 0.5) is 0 Å². The Morgan fingerprint density at radius 2 is 2.21 bits per heavy atom. The van der Waals surface area contributed by atoms with Gasteiger partial charge in [-0.15, -0.1) is 0 Å². The molecule has 0 aromatic heterocycles. The summed E-state index contributed by atoms with van der Waals surface area (Å²) < 4.78 is 5.26. The maximum Gasteiger partial charge on any atom is 0.223 e. The number of amides is 1. The maximum absolute atomic E-state index is 11.8. The zero-order chi connectivity index (χ0) is 9.80. The second-order valence-corrected chi connectivity index (χ2v) is 4.06. The number of carbonyl (C=O) groups excluding carboxylic acids is 1. The van der Waals surface area contributed by atoms with Gasteiger partial charge in [-0.2, -0.15) is 0 Å². The lowest BCUT2D eigenvalue weighted by Crippen LogP contribution is -2.46. The molecule has 0 aromatic carbocycles. The van der Waals surface area contributed by atoms with Gasteiger partial charge in [0.15, 0.2) is 0 Å². The van der Waals surface area contributed by atoms with E-state index in [2.05, 4.69) is 5.32 Å². The van der Waals surface area contributed by atoms with Crippen molar-refractivity contribution in [1.82, 2.24) is 10.2 Å². The summed E-state index contributed by atoms with van der Waals surface area (Å²) in [4.78, 5) is 13.8. The molecule has 0 saturated carbocycles. The van der Waals surface area contributed by atoms with Crippen molar-refractivity contribution in [3.8, 4) is 0 Å². The predicted octanol–water partition coefficient (Wildman–Crippen LogP) is -0.155. The molecule has 0 aromatic rings. The van der Waals surface area contributed by atoms with Crippen LogP contribution in [-0.4, -0.2) is 50.2 Å². The smallest absolute Gasteiger partial charge is 0.223 e. The summed E-state index contributed by atoms with van der Waals surface area (Å²) in [6.45, 7) is 5.22. The molecule has 2 aliphatic heterocycles. The van der Waals surface area contributed by atoms with Crippen LogP contribution in [0.1, 0.15) is 12.8 Å². The standard InChI is InChI=1S/C10H18N2O2/c13-10(7-9-1-6-14-8-9)12-4-2-11-3-5-12/h9,11H,1-8H2. The van der Waals surface area contributed by atoms with Crippen molar-refractivity contribution in [3.63, 3.8) is 0 Å². The van der Waals surface area contributed by atoms with Gasteiger partial charge in [0.05, 0.1) is 0 Å². The van der Waals surface area contributed by atoms with E-state index in [0.29, 0.717) is 18.2 Å². The predicted molar refractivity (Wildman–Crippen MR) is 53.0 cm³/mol. The molecule has 2 rings (SSSR count). The van der Waals surface area contributed by atoms with E-state index in [-0.39, 0.29) is 0 Å². The molecule has 0 spiro atoms. The second kappa shape index (κ2) is 4.75. The van der Waals surface area contributed by atoms with Gasteiger partial charge in [-0.1, -0.05) is 0 Å². The van der Waals surface area contributed by atoms with E-state index < -0.39 is 0 Å². The number of ether oxygens (including phenoxy) is 1. The Labute approximate surface area is 84.6 Å². The van der Waals surface area contributed by atoms with Crippen LogP contribution in [0.15, 0.2) is 0 Å². The minimum Gasteiger partial charge on any atom is -0.381 e. The number of piperazine rings is 1.